The van der Waals surface area contributed by atoms with E-state index in [0.29, 0.717) is 0 Å². The van der Waals surface area contributed by atoms with Crippen molar-refractivity contribution in [2.75, 3.05) is 6.54 Å². The summed E-state index contributed by atoms with van der Waals surface area (Å²) in [6.45, 7) is 5.34. The molecule has 0 spiro atoms. The minimum atomic E-state index is 0.765. The van der Waals surface area contributed by atoms with Gasteiger partial charge in [-0.15, -0.1) is 5.10 Å². The molecule has 0 unspecified atom stereocenters. The topological polar surface area (TPSA) is 60.6 Å². The predicted octanol–water partition coefficient (Wildman–Crippen LogP) is 1.44. The Kier molecular flexibility index (Phi) is 3.73. The third-order valence-electron chi connectivity index (χ3n) is 3.23. The van der Waals surface area contributed by atoms with E-state index in [2.05, 4.69) is 39.8 Å². The summed E-state index contributed by atoms with van der Waals surface area (Å²) in [6.07, 6.45) is 3.88. The molecule has 104 valence electrons. The van der Waals surface area contributed by atoms with Gasteiger partial charge >= 0.3 is 0 Å². The Morgan fingerprint density at radius 1 is 1.20 bits per heavy atom. The summed E-state index contributed by atoms with van der Waals surface area (Å²) >= 11 is 0. The van der Waals surface area contributed by atoms with Crippen molar-refractivity contribution in [3.8, 4) is 0 Å². The fourth-order valence-electron chi connectivity index (χ4n) is 2.18. The number of hydrogen-bond acceptors (Lipinski definition) is 4. The van der Waals surface area contributed by atoms with Crippen molar-refractivity contribution in [1.82, 2.24) is 30.1 Å². The Morgan fingerprint density at radius 3 is 3.00 bits per heavy atom. The van der Waals surface area contributed by atoms with E-state index in [1.165, 1.54) is 5.39 Å². The molecule has 0 aliphatic heterocycles. The van der Waals surface area contributed by atoms with Crippen LogP contribution in [0.4, 0.5) is 0 Å². The maximum atomic E-state index is 4.41. The number of benzene rings is 1. The Bertz CT molecular complexity index is 684. The third kappa shape index (κ3) is 2.70. The highest BCUT2D eigenvalue weighted by molar-refractivity contribution is 5.78. The molecule has 0 bridgehead atoms. The maximum absolute atomic E-state index is 4.41. The molecule has 2 aromatic heterocycles. The smallest absolute Gasteiger partial charge is 0.0964 e. The van der Waals surface area contributed by atoms with Crippen LogP contribution in [0.3, 0.4) is 0 Å². The van der Waals surface area contributed by atoms with Gasteiger partial charge in [0, 0.05) is 18.1 Å². The summed E-state index contributed by atoms with van der Waals surface area (Å²) < 4.78 is 3.87. The summed E-state index contributed by atoms with van der Waals surface area (Å²) in [7, 11) is 0. The van der Waals surface area contributed by atoms with E-state index >= 15 is 0 Å². The van der Waals surface area contributed by atoms with Crippen molar-refractivity contribution in [2.45, 2.75) is 26.6 Å². The Hall–Kier alpha value is -2.21. The summed E-state index contributed by atoms with van der Waals surface area (Å²) in [4.78, 5) is 0. The molecule has 3 rings (SSSR count). The van der Waals surface area contributed by atoms with Crippen LogP contribution in [0.25, 0.3) is 10.9 Å². The summed E-state index contributed by atoms with van der Waals surface area (Å²) in [5, 5.41) is 17.1. The van der Waals surface area contributed by atoms with Crippen molar-refractivity contribution in [3.05, 3.63) is 42.4 Å². The van der Waals surface area contributed by atoms with E-state index in [9.17, 15) is 0 Å². The Morgan fingerprint density at radius 2 is 2.10 bits per heavy atom. The lowest BCUT2D eigenvalue weighted by Crippen LogP contribution is -2.12. The van der Waals surface area contributed by atoms with Gasteiger partial charge in [0.05, 0.1) is 30.5 Å². The molecule has 1 aromatic carbocycles. The Labute approximate surface area is 117 Å². The average molecular weight is 270 g/mol. The van der Waals surface area contributed by atoms with Gasteiger partial charge in [-0.3, -0.25) is 9.36 Å². The first-order valence-corrected chi connectivity index (χ1v) is 6.87. The number of hydrogen-bond donors (Lipinski definition) is 1. The third-order valence-corrected chi connectivity index (χ3v) is 3.23. The van der Waals surface area contributed by atoms with Gasteiger partial charge in [0.1, 0.15) is 0 Å². The van der Waals surface area contributed by atoms with Crippen LogP contribution in [-0.4, -0.2) is 31.3 Å². The van der Waals surface area contributed by atoms with Crippen LogP contribution >= 0.6 is 0 Å². The van der Waals surface area contributed by atoms with Gasteiger partial charge in [-0.2, -0.15) is 5.10 Å². The van der Waals surface area contributed by atoms with Crippen LogP contribution in [0, 0.1) is 0 Å². The van der Waals surface area contributed by atoms with Crippen LogP contribution in [0.1, 0.15) is 12.6 Å². The number of rotatable bonds is 6. The molecule has 6 nitrogen and oxygen atoms in total. The van der Waals surface area contributed by atoms with Gasteiger partial charge in [-0.1, -0.05) is 30.3 Å². The van der Waals surface area contributed by atoms with E-state index in [4.69, 9.17) is 0 Å². The number of aryl methyl sites for hydroxylation is 2. The number of aromatic nitrogens is 5. The van der Waals surface area contributed by atoms with Crippen molar-refractivity contribution < 1.29 is 0 Å². The second-order valence-corrected chi connectivity index (χ2v) is 4.68. The lowest BCUT2D eigenvalue weighted by Gasteiger charge is -2.03. The van der Waals surface area contributed by atoms with Crippen LogP contribution in [0.15, 0.2) is 36.7 Å². The number of nitrogens with one attached hydrogen (secondary N) is 1. The summed E-state index contributed by atoms with van der Waals surface area (Å²) in [5.74, 6) is 0. The number of fused-ring (bicyclic) bond motifs is 1. The first kappa shape index (κ1) is 12.8. The zero-order valence-electron chi connectivity index (χ0n) is 11.5. The summed E-state index contributed by atoms with van der Waals surface area (Å²) in [5.41, 5.74) is 2.12. The quantitative estimate of drug-likeness (QED) is 0.736. The molecule has 0 aliphatic rings. The molecule has 20 heavy (non-hydrogen) atoms. The Balaban J connectivity index is 1.65. The second-order valence-electron chi connectivity index (χ2n) is 4.68. The molecule has 0 saturated heterocycles. The van der Waals surface area contributed by atoms with Crippen LogP contribution < -0.4 is 5.32 Å². The highest BCUT2D eigenvalue weighted by Gasteiger charge is 2.03. The SMILES string of the molecule is CCNCc1cn(CCn2ncc3ccccc32)nn1. The standard InChI is InChI=1S/C14H18N6/c1-2-15-10-13-11-19(18-17-13)7-8-20-14-6-4-3-5-12(14)9-16-20/h3-6,9,11,15H,2,7-8,10H2,1H3. The molecule has 0 aliphatic carbocycles. The molecular weight excluding hydrogens is 252 g/mol. The molecule has 0 saturated carbocycles. The normalized spacial score (nSPS) is 11.2. The molecule has 0 fully saturated rings. The van der Waals surface area contributed by atoms with E-state index in [0.717, 1.165) is 37.4 Å². The van der Waals surface area contributed by atoms with Gasteiger partial charge in [0.15, 0.2) is 0 Å². The van der Waals surface area contributed by atoms with Gasteiger partial charge in [-0.25, -0.2) is 0 Å². The number of nitrogens with zero attached hydrogens (tertiary/aromatic N) is 5. The van der Waals surface area contributed by atoms with E-state index in [-0.39, 0.29) is 0 Å². The summed E-state index contributed by atoms with van der Waals surface area (Å²) in [6, 6.07) is 8.21. The highest BCUT2D eigenvalue weighted by Crippen LogP contribution is 2.12. The van der Waals surface area contributed by atoms with Gasteiger partial charge in [0.2, 0.25) is 0 Å². The highest BCUT2D eigenvalue weighted by atomic mass is 15.4. The first-order chi connectivity index (χ1) is 9.86. The second kappa shape index (κ2) is 5.83. The average Bonchev–Trinajstić information content (AvgIpc) is 3.10. The zero-order valence-corrected chi connectivity index (χ0v) is 11.5. The molecule has 0 amide bonds. The van der Waals surface area contributed by atoms with Gasteiger partial charge in [-0.05, 0) is 12.6 Å². The largest absolute Gasteiger partial charge is 0.311 e. The fraction of sp³-hybridized carbons (Fsp3) is 0.357. The molecular formula is C14H18N6. The molecule has 3 aromatic rings. The maximum Gasteiger partial charge on any atom is 0.0964 e. The van der Waals surface area contributed by atoms with Crippen molar-refractivity contribution >= 4 is 10.9 Å². The molecule has 1 N–H and O–H groups in total. The van der Waals surface area contributed by atoms with Gasteiger partial charge < -0.3 is 5.32 Å². The lowest BCUT2D eigenvalue weighted by atomic mass is 10.3. The van der Waals surface area contributed by atoms with E-state index in [1.807, 2.05) is 33.9 Å². The van der Waals surface area contributed by atoms with Crippen molar-refractivity contribution in [3.63, 3.8) is 0 Å². The van der Waals surface area contributed by atoms with Crippen LogP contribution in [-0.2, 0) is 19.6 Å². The van der Waals surface area contributed by atoms with Crippen LogP contribution in [0.5, 0.6) is 0 Å². The van der Waals surface area contributed by atoms with Gasteiger partial charge in [0.25, 0.3) is 0 Å². The van der Waals surface area contributed by atoms with Crippen molar-refractivity contribution in [2.24, 2.45) is 0 Å². The first-order valence-electron chi connectivity index (χ1n) is 6.87. The van der Waals surface area contributed by atoms with E-state index < -0.39 is 0 Å². The van der Waals surface area contributed by atoms with Crippen LogP contribution in [0.2, 0.25) is 0 Å². The minimum Gasteiger partial charge on any atom is -0.311 e. The minimum absolute atomic E-state index is 0.765. The molecule has 6 heteroatoms. The number of para-hydroxylation sites is 1. The molecule has 2 heterocycles. The zero-order chi connectivity index (χ0) is 13.8. The van der Waals surface area contributed by atoms with Crippen molar-refractivity contribution in [1.29, 1.82) is 0 Å². The fourth-order valence-corrected chi connectivity index (χ4v) is 2.18. The predicted molar refractivity (Wildman–Crippen MR) is 77.1 cm³/mol. The molecule has 0 atom stereocenters. The lowest BCUT2D eigenvalue weighted by molar-refractivity contribution is 0.499. The van der Waals surface area contributed by atoms with E-state index in [1.54, 1.807) is 0 Å². The molecule has 0 radical (unpaired) electrons. The monoisotopic (exact) mass is 270 g/mol.